The van der Waals surface area contributed by atoms with Crippen LogP contribution in [0.25, 0.3) is 11.4 Å². The van der Waals surface area contributed by atoms with Gasteiger partial charge in [0, 0.05) is 25.9 Å². The number of nitrogens with zero attached hydrogens (tertiary/aromatic N) is 5. The van der Waals surface area contributed by atoms with Gasteiger partial charge in [0.15, 0.2) is 5.82 Å². The van der Waals surface area contributed by atoms with Crippen molar-refractivity contribution < 1.29 is 23.1 Å². The zero-order chi connectivity index (χ0) is 21.1. The van der Waals surface area contributed by atoms with Crippen molar-refractivity contribution in [2.24, 2.45) is 0 Å². The summed E-state index contributed by atoms with van der Waals surface area (Å²) in [4.78, 5) is 17.3. The molecule has 1 saturated heterocycles. The van der Waals surface area contributed by atoms with Crippen molar-refractivity contribution in [2.45, 2.75) is 63.9 Å². The van der Waals surface area contributed by atoms with Gasteiger partial charge in [-0.3, -0.25) is 9.48 Å². The van der Waals surface area contributed by atoms with Crippen molar-refractivity contribution in [1.82, 2.24) is 24.2 Å². The number of hydrogen-bond acceptors (Lipinski definition) is 4. The van der Waals surface area contributed by atoms with Gasteiger partial charge in [-0.05, 0) is 32.8 Å². The fourth-order valence-corrected chi connectivity index (χ4v) is 4.29. The summed E-state index contributed by atoms with van der Waals surface area (Å²) in [5, 5.41) is 14.8. The Kier molecular flexibility index (Phi) is 4.52. The van der Waals surface area contributed by atoms with E-state index in [0.717, 1.165) is 25.5 Å². The van der Waals surface area contributed by atoms with Crippen LogP contribution in [0, 0.1) is 0 Å². The van der Waals surface area contributed by atoms with Gasteiger partial charge in [0.05, 0.1) is 35.9 Å². The quantitative estimate of drug-likeness (QED) is 0.825. The standard InChI is InChI=1S/C19H24F3N5O2/c1-11-10-26-15(8-14(24-26)13-4-6-25(7-5-13)12(2)28)16-9-23-17(27(11)16)18(3,29)19(20,21)22/h8-9,11,13,29H,4-7,10H2,1-3H3/t11-,18?/m0/s1. The van der Waals surface area contributed by atoms with E-state index in [4.69, 9.17) is 5.10 Å². The van der Waals surface area contributed by atoms with Gasteiger partial charge in [-0.25, -0.2) is 4.98 Å². The number of piperidine rings is 1. The summed E-state index contributed by atoms with van der Waals surface area (Å²) in [5.74, 6) is -0.140. The number of alkyl halides is 3. The van der Waals surface area contributed by atoms with Crippen LogP contribution in [0.4, 0.5) is 13.2 Å². The summed E-state index contributed by atoms with van der Waals surface area (Å²) in [6.45, 7) is 5.83. The third-order valence-electron chi connectivity index (χ3n) is 6.08. The largest absolute Gasteiger partial charge is 0.424 e. The van der Waals surface area contributed by atoms with E-state index in [-0.39, 0.29) is 17.9 Å². The minimum Gasteiger partial charge on any atom is -0.374 e. The van der Waals surface area contributed by atoms with E-state index in [1.54, 1.807) is 18.5 Å². The third-order valence-corrected chi connectivity index (χ3v) is 6.08. The lowest BCUT2D eigenvalue weighted by Crippen LogP contribution is -2.42. The van der Waals surface area contributed by atoms with Crippen LogP contribution in [0.2, 0.25) is 0 Å². The minimum absolute atomic E-state index is 0.0644. The molecule has 0 bridgehead atoms. The van der Waals surface area contributed by atoms with E-state index in [9.17, 15) is 23.1 Å². The molecule has 10 heteroatoms. The SMILES string of the molecule is CC(=O)N1CCC(c2cc3n(n2)C[C@H](C)n2c-3cnc2C(C)(O)C(F)(F)F)CC1. The summed E-state index contributed by atoms with van der Waals surface area (Å²) in [7, 11) is 0. The second kappa shape index (κ2) is 6.58. The highest BCUT2D eigenvalue weighted by Crippen LogP contribution is 2.42. The number of amides is 1. The highest BCUT2D eigenvalue weighted by Gasteiger charge is 2.55. The Balaban J connectivity index is 1.67. The van der Waals surface area contributed by atoms with Crippen molar-refractivity contribution in [3.63, 3.8) is 0 Å². The summed E-state index contributed by atoms with van der Waals surface area (Å²) in [6.07, 6.45) is -1.85. The Morgan fingerprint density at radius 2 is 1.90 bits per heavy atom. The number of carbonyl (C=O) groups excluding carboxylic acids is 1. The first kappa shape index (κ1) is 19.9. The van der Waals surface area contributed by atoms with Gasteiger partial charge in [0.1, 0.15) is 0 Å². The summed E-state index contributed by atoms with van der Waals surface area (Å²) in [6, 6.07) is 1.57. The zero-order valence-corrected chi connectivity index (χ0v) is 16.6. The fourth-order valence-electron chi connectivity index (χ4n) is 4.29. The molecular weight excluding hydrogens is 387 g/mol. The number of rotatable bonds is 2. The lowest BCUT2D eigenvalue weighted by atomic mass is 9.93. The van der Waals surface area contributed by atoms with E-state index in [2.05, 4.69) is 4.98 Å². The molecule has 0 saturated carbocycles. The van der Waals surface area contributed by atoms with Crippen molar-refractivity contribution in [2.75, 3.05) is 13.1 Å². The van der Waals surface area contributed by atoms with Crippen molar-refractivity contribution >= 4 is 5.91 Å². The minimum atomic E-state index is -4.83. The average molecular weight is 411 g/mol. The van der Waals surface area contributed by atoms with Crippen LogP contribution < -0.4 is 0 Å². The third kappa shape index (κ3) is 3.13. The Bertz CT molecular complexity index is 938. The number of carbonyl (C=O) groups is 1. The molecule has 2 aromatic heterocycles. The highest BCUT2D eigenvalue weighted by molar-refractivity contribution is 5.73. The molecule has 0 aromatic carbocycles. The molecule has 2 aromatic rings. The maximum Gasteiger partial charge on any atom is 0.424 e. The normalized spacial score (nSPS) is 22.2. The fraction of sp³-hybridized carbons (Fsp3) is 0.632. The van der Waals surface area contributed by atoms with Crippen LogP contribution in [0.1, 0.15) is 57.1 Å². The zero-order valence-electron chi connectivity index (χ0n) is 16.6. The van der Waals surface area contributed by atoms with E-state index < -0.39 is 17.6 Å². The van der Waals surface area contributed by atoms with Crippen LogP contribution in [0.5, 0.6) is 0 Å². The first-order valence-electron chi connectivity index (χ1n) is 9.71. The molecule has 0 aliphatic carbocycles. The number of hydrogen-bond donors (Lipinski definition) is 1. The maximum atomic E-state index is 13.4. The van der Waals surface area contributed by atoms with Gasteiger partial charge < -0.3 is 14.6 Å². The molecule has 4 rings (SSSR count). The number of halogens is 3. The smallest absolute Gasteiger partial charge is 0.374 e. The number of imidazole rings is 1. The van der Waals surface area contributed by atoms with Crippen LogP contribution in [0.15, 0.2) is 12.3 Å². The van der Waals surface area contributed by atoms with Gasteiger partial charge in [0.2, 0.25) is 11.5 Å². The van der Waals surface area contributed by atoms with Gasteiger partial charge >= 0.3 is 6.18 Å². The van der Waals surface area contributed by atoms with Crippen LogP contribution in [-0.2, 0) is 16.9 Å². The van der Waals surface area contributed by atoms with Crippen LogP contribution in [0.3, 0.4) is 0 Å². The lowest BCUT2D eigenvalue weighted by molar-refractivity contribution is -0.262. The number of likely N-dealkylation sites (tertiary alicyclic amines) is 1. The number of aromatic nitrogens is 4. The van der Waals surface area contributed by atoms with E-state index in [1.807, 2.05) is 11.0 Å². The molecule has 1 unspecified atom stereocenters. The molecule has 0 radical (unpaired) electrons. The summed E-state index contributed by atoms with van der Waals surface area (Å²) in [5.41, 5.74) is -0.939. The monoisotopic (exact) mass is 411 g/mol. The topological polar surface area (TPSA) is 76.2 Å². The molecule has 1 N–H and O–H groups in total. The number of fused-ring (bicyclic) bond motifs is 3. The van der Waals surface area contributed by atoms with E-state index >= 15 is 0 Å². The van der Waals surface area contributed by atoms with Crippen molar-refractivity contribution in [3.05, 3.63) is 23.8 Å². The first-order chi connectivity index (χ1) is 13.5. The second-order valence-electron chi connectivity index (χ2n) is 8.17. The number of aliphatic hydroxyl groups is 1. The molecule has 158 valence electrons. The maximum absolute atomic E-state index is 13.4. The van der Waals surface area contributed by atoms with Gasteiger partial charge in [-0.1, -0.05) is 0 Å². The Morgan fingerprint density at radius 3 is 2.48 bits per heavy atom. The molecule has 0 spiro atoms. The Labute approximate surface area is 166 Å². The summed E-state index contributed by atoms with van der Waals surface area (Å²) < 4.78 is 43.4. The molecule has 29 heavy (non-hydrogen) atoms. The Morgan fingerprint density at radius 1 is 1.24 bits per heavy atom. The molecule has 4 heterocycles. The highest BCUT2D eigenvalue weighted by atomic mass is 19.4. The molecule has 2 atom stereocenters. The van der Waals surface area contributed by atoms with Crippen molar-refractivity contribution in [3.8, 4) is 11.4 Å². The molecule has 1 fully saturated rings. The van der Waals surface area contributed by atoms with Crippen molar-refractivity contribution in [1.29, 1.82) is 0 Å². The van der Waals surface area contributed by atoms with Crippen LogP contribution in [-0.4, -0.2) is 54.5 Å². The van der Waals surface area contributed by atoms with Crippen LogP contribution >= 0.6 is 0 Å². The van der Waals surface area contributed by atoms with Gasteiger partial charge in [-0.15, -0.1) is 0 Å². The molecule has 1 amide bonds. The second-order valence-corrected chi connectivity index (χ2v) is 8.17. The molecule has 2 aliphatic heterocycles. The summed E-state index contributed by atoms with van der Waals surface area (Å²) >= 11 is 0. The van der Waals surface area contributed by atoms with Gasteiger partial charge in [-0.2, -0.15) is 18.3 Å². The molecule has 7 nitrogen and oxygen atoms in total. The molecule has 2 aliphatic rings. The average Bonchev–Trinajstić information content (AvgIpc) is 3.25. The van der Waals surface area contributed by atoms with Gasteiger partial charge in [0.25, 0.3) is 0 Å². The predicted octanol–water partition coefficient (Wildman–Crippen LogP) is 2.82. The lowest BCUT2D eigenvalue weighted by Gasteiger charge is -2.31. The predicted molar refractivity (Wildman–Crippen MR) is 98.0 cm³/mol. The first-order valence-corrected chi connectivity index (χ1v) is 9.71. The van der Waals surface area contributed by atoms with E-state index in [0.29, 0.717) is 31.0 Å². The Hall–Kier alpha value is -2.36. The van der Waals surface area contributed by atoms with E-state index in [1.165, 1.54) is 10.8 Å². The molecular formula is C19H24F3N5O2.